The minimum absolute atomic E-state index is 0.342. The van der Waals surface area contributed by atoms with Gasteiger partial charge in [-0.1, -0.05) is 18.2 Å². The van der Waals surface area contributed by atoms with Crippen molar-refractivity contribution in [1.29, 1.82) is 0 Å². The molecule has 20 heavy (non-hydrogen) atoms. The molecule has 0 heterocycles. The summed E-state index contributed by atoms with van der Waals surface area (Å²) in [6.45, 7) is 0. The number of amides is 1. The van der Waals surface area contributed by atoms with E-state index in [-0.39, 0.29) is 5.82 Å². The van der Waals surface area contributed by atoms with Crippen molar-refractivity contribution in [2.75, 3.05) is 0 Å². The topological polar surface area (TPSA) is 58.6 Å². The van der Waals surface area contributed by atoms with Crippen molar-refractivity contribution in [1.82, 2.24) is 5.48 Å². The number of hydroxylamine groups is 1. The molecule has 2 aromatic rings. The van der Waals surface area contributed by atoms with Gasteiger partial charge in [0.25, 0.3) is 5.91 Å². The van der Waals surface area contributed by atoms with Gasteiger partial charge < -0.3 is 4.74 Å². The van der Waals surface area contributed by atoms with Crippen molar-refractivity contribution in [3.8, 4) is 11.5 Å². The van der Waals surface area contributed by atoms with Crippen LogP contribution in [0.25, 0.3) is 6.08 Å². The Bertz CT molecular complexity index is 623. The fourth-order valence-electron chi connectivity index (χ4n) is 1.54. The van der Waals surface area contributed by atoms with Crippen molar-refractivity contribution in [2.45, 2.75) is 0 Å². The van der Waals surface area contributed by atoms with Gasteiger partial charge >= 0.3 is 0 Å². The molecule has 2 rings (SSSR count). The molecule has 0 aliphatic heterocycles. The molecule has 1 amide bonds. The fraction of sp³-hybridized carbons (Fsp3) is 0. The summed E-state index contributed by atoms with van der Waals surface area (Å²) < 4.78 is 18.4. The summed E-state index contributed by atoms with van der Waals surface area (Å²) in [5, 5.41) is 8.43. The van der Waals surface area contributed by atoms with Crippen LogP contribution in [0.2, 0.25) is 0 Å². The first-order chi connectivity index (χ1) is 9.69. The van der Waals surface area contributed by atoms with E-state index in [0.717, 1.165) is 0 Å². The summed E-state index contributed by atoms with van der Waals surface area (Å²) in [5.74, 6) is 0.0201. The quantitative estimate of drug-likeness (QED) is 0.511. The molecule has 0 bridgehead atoms. The van der Waals surface area contributed by atoms with E-state index >= 15 is 0 Å². The highest BCUT2D eigenvalue weighted by Crippen LogP contribution is 2.26. The molecule has 0 aliphatic rings. The Morgan fingerprint density at radius 1 is 1.15 bits per heavy atom. The molecule has 2 aromatic carbocycles. The Morgan fingerprint density at radius 3 is 2.55 bits per heavy atom. The van der Waals surface area contributed by atoms with Crippen LogP contribution in [-0.2, 0) is 4.79 Å². The molecule has 5 heteroatoms. The van der Waals surface area contributed by atoms with Gasteiger partial charge in [0, 0.05) is 11.6 Å². The molecule has 0 aliphatic carbocycles. The van der Waals surface area contributed by atoms with Crippen LogP contribution in [-0.4, -0.2) is 11.1 Å². The van der Waals surface area contributed by atoms with E-state index in [2.05, 4.69) is 0 Å². The first-order valence-electron chi connectivity index (χ1n) is 5.83. The van der Waals surface area contributed by atoms with Crippen LogP contribution in [0.4, 0.5) is 4.39 Å². The molecule has 4 nitrogen and oxygen atoms in total. The SMILES string of the molecule is O=C(/C=C/c1ccccc1Oc1ccc(F)cc1)NO. The van der Waals surface area contributed by atoms with Crippen molar-refractivity contribution < 1.29 is 19.1 Å². The Morgan fingerprint density at radius 2 is 1.85 bits per heavy atom. The number of nitrogens with one attached hydrogen (secondary N) is 1. The standard InChI is InChI=1S/C15H12FNO3/c16-12-6-8-13(9-7-12)20-14-4-2-1-3-11(14)5-10-15(18)17-19/h1-10,19H,(H,17,18)/b10-5+. The lowest BCUT2D eigenvalue weighted by Crippen LogP contribution is -2.14. The third-order valence-electron chi connectivity index (χ3n) is 2.48. The lowest BCUT2D eigenvalue weighted by molar-refractivity contribution is -0.124. The van der Waals surface area contributed by atoms with Crippen molar-refractivity contribution in [3.63, 3.8) is 0 Å². The average Bonchev–Trinajstić information content (AvgIpc) is 2.48. The van der Waals surface area contributed by atoms with Gasteiger partial charge in [0.05, 0.1) is 0 Å². The van der Waals surface area contributed by atoms with Gasteiger partial charge in [0.1, 0.15) is 17.3 Å². The fourth-order valence-corrected chi connectivity index (χ4v) is 1.54. The number of carbonyl (C=O) groups is 1. The monoisotopic (exact) mass is 273 g/mol. The maximum absolute atomic E-state index is 12.8. The van der Waals surface area contributed by atoms with Crippen LogP contribution in [0.5, 0.6) is 11.5 Å². The van der Waals surface area contributed by atoms with Crippen LogP contribution in [0.1, 0.15) is 5.56 Å². The molecule has 2 N–H and O–H groups in total. The van der Waals surface area contributed by atoms with Crippen LogP contribution in [0.15, 0.2) is 54.6 Å². The molecule has 0 unspecified atom stereocenters. The van der Waals surface area contributed by atoms with Gasteiger partial charge in [-0.2, -0.15) is 0 Å². The van der Waals surface area contributed by atoms with Gasteiger partial charge in [-0.25, -0.2) is 9.87 Å². The molecular formula is C15H12FNO3. The van der Waals surface area contributed by atoms with E-state index in [1.807, 2.05) is 0 Å². The highest BCUT2D eigenvalue weighted by Gasteiger charge is 2.02. The first-order valence-corrected chi connectivity index (χ1v) is 5.83. The van der Waals surface area contributed by atoms with Crippen LogP contribution >= 0.6 is 0 Å². The second kappa shape index (κ2) is 6.49. The highest BCUT2D eigenvalue weighted by molar-refractivity contribution is 5.91. The molecule has 0 saturated heterocycles. The Balaban J connectivity index is 2.21. The van der Waals surface area contributed by atoms with Gasteiger partial charge in [0.15, 0.2) is 0 Å². The van der Waals surface area contributed by atoms with Crippen LogP contribution in [0.3, 0.4) is 0 Å². The van der Waals surface area contributed by atoms with E-state index in [4.69, 9.17) is 9.94 Å². The van der Waals surface area contributed by atoms with Crippen LogP contribution < -0.4 is 10.2 Å². The molecule has 0 fully saturated rings. The van der Waals surface area contributed by atoms with E-state index in [0.29, 0.717) is 17.1 Å². The molecule has 0 aromatic heterocycles. The lowest BCUT2D eigenvalue weighted by Gasteiger charge is -2.08. The number of rotatable bonds is 4. The van der Waals surface area contributed by atoms with Crippen LogP contribution in [0, 0.1) is 5.82 Å². The second-order valence-electron chi connectivity index (χ2n) is 3.90. The number of benzene rings is 2. The minimum Gasteiger partial charge on any atom is -0.457 e. The van der Waals surface area contributed by atoms with E-state index < -0.39 is 5.91 Å². The zero-order valence-corrected chi connectivity index (χ0v) is 10.4. The summed E-state index contributed by atoms with van der Waals surface area (Å²) >= 11 is 0. The van der Waals surface area contributed by atoms with Gasteiger partial charge in [0.2, 0.25) is 0 Å². The maximum Gasteiger partial charge on any atom is 0.267 e. The second-order valence-corrected chi connectivity index (χ2v) is 3.90. The molecule has 0 spiro atoms. The number of hydrogen-bond donors (Lipinski definition) is 2. The average molecular weight is 273 g/mol. The molecule has 102 valence electrons. The zero-order chi connectivity index (χ0) is 14.4. The first kappa shape index (κ1) is 13.8. The Labute approximate surface area is 115 Å². The molecule has 0 atom stereocenters. The molecule has 0 radical (unpaired) electrons. The normalized spacial score (nSPS) is 10.5. The van der Waals surface area contributed by atoms with Gasteiger partial charge in [-0.05, 0) is 36.4 Å². The molecule has 0 saturated carbocycles. The van der Waals surface area contributed by atoms with Crippen molar-refractivity contribution in [2.24, 2.45) is 0 Å². The smallest absolute Gasteiger partial charge is 0.267 e. The predicted octanol–water partition coefficient (Wildman–Crippen LogP) is 3.14. The molecular weight excluding hydrogens is 261 g/mol. The number of para-hydroxylation sites is 1. The van der Waals surface area contributed by atoms with Crippen molar-refractivity contribution >= 4 is 12.0 Å². The summed E-state index contributed by atoms with van der Waals surface area (Å²) in [6.07, 6.45) is 2.68. The van der Waals surface area contributed by atoms with E-state index in [1.54, 1.807) is 24.3 Å². The Hall–Kier alpha value is -2.66. The number of carbonyl (C=O) groups excluding carboxylic acids is 1. The summed E-state index contributed by atoms with van der Waals surface area (Å²) in [6, 6.07) is 12.7. The number of halogens is 1. The zero-order valence-electron chi connectivity index (χ0n) is 10.4. The number of hydrogen-bond acceptors (Lipinski definition) is 3. The minimum atomic E-state index is -0.637. The van der Waals surface area contributed by atoms with E-state index in [9.17, 15) is 9.18 Å². The van der Waals surface area contributed by atoms with Gasteiger partial charge in [-0.3, -0.25) is 10.0 Å². The third kappa shape index (κ3) is 3.66. The summed E-state index contributed by atoms with van der Waals surface area (Å²) in [7, 11) is 0. The van der Waals surface area contributed by atoms with Crippen molar-refractivity contribution in [3.05, 3.63) is 66.0 Å². The Kier molecular flexibility index (Phi) is 4.47. The van der Waals surface area contributed by atoms with Gasteiger partial charge in [-0.15, -0.1) is 0 Å². The van der Waals surface area contributed by atoms with E-state index in [1.165, 1.54) is 41.9 Å². The predicted molar refractivity (Wildman–Crippen MR) is 71.9 cm³/mol. The summed E-state index contributed by atoms with van der Waals surface area (Å²) in [5.41, 5.74) is 2.16. The largest absolute Gasteiger partial charge is 0.457 e. The number of ether oxygens (including phenoxy) is 1. The summed E-state index contributed by atoms with van der Waals surface area (Å²) in [4.78, 5) is 11.0. The lowest BCUT2D eigenvalue weighted by atomic mass is 10.2. The third-order valence-corrected chi connectivity index (χ3v) is 2.48. The maximum atomic E-state index is 12.8. The highest BCUT2D eigenvalue weighted by atomic mass is 19.1.